The molecule has 11 heavy (non-hydrogen) atoms. The maximum Gasteiger partial charge on any atom is 0.244 e. The van der Waals surface area contributed by atoms with E-state index >= 15 is 0 Å². The minimum Gasteiger partial charge on any atom is -0.318 e. The van der Waals surface area contributed by atoms with E-state index in [1.807, 2.05) is 0 Å². The van der Waals surface area contributed by atoms with Crippen molar-refractivity contribution in [2.24, 2.45) is 7.05 Å². The average Bonchev–Trinajstić information content (AvgIpc) is 2.35. The van der Waals surface area contributed by atoms with Crippen LogP contribution in [0.3, 0.4) is 0 Å². The highest BCUT2D eigenvalue weighted by Gasteiger charge is 2.05. The number of imidazole rings is 1. The molecule has 0 aliphatic heterocycles. The quantitative estimate of drug-likeness (QED) is 0.519. The number of aromatic nitrogens is 4. The highest BCUT2D eigenvalue weighted by atomic mass is 19.1. The third kappa shape index (κ3) is 0.772. The summed E-state index contributed by atoms with van der Waals surface area (Å²) < 4.78 is 14.4. The molecule has 4 nitrogen and oxygen atoms in total. The van der Waals surface area contributed by atoms with Crippen LogP contribution in [0.1, 0.15) is 0 Å². The fraction of sp³-hybridized carbons (Fsp3) is 0.167. The molecule has 2 aromatic rings. The number of hydrogen-bond acceptors (Lipinski definition) is 3. The molecule has 0 amide bonds. The summed E-state index contributed by atoms with van der Waals surface area (Å²) in [5.41, 5.74) is 0.729. The lowest BCUT2D eigenvalue weighted by Crippen LogP contribution is -1.90. The molecule has 0 saturated heterocycles. The van der Waals surface area contributed by atoms with E-state index in [0.717, 1.165) is 0 Å². The Balaban J connectivity index is 2.94. The van der Waals surface area contributed by atoms with Crippen LogP contribution in [-0.4, -0.2) is 19.5 Å². The summed E-state index contributed by atoms with van der Waals surface area (Å²) in [5, 5.41) is 0. The SMILES string of the molecule is [14CH3]n1cnc2c(F)ncnc21. The van der Waals surface area contributed by atoms with E-state index in [0.29, 0.717) is 5.65 Å². The molecular weight excluding hydrogens is 149 g/mol. The molecule has 2 heterocycles. The summed E-state index contributed by atoms with van der Waals surface area (Å²) >= 11 is 0. The second kappa shape index (κ2) is 1.98. The number of rotatable bonds is 0. The molecule has 0 bridgehead atoms. The first-order chi connectivity index (χ1) is 5.29. The molecule has 0 saturated carbocycles. The Morgan fingerprint density at radius 2 is 2.18 bits per heavy atom. The van der Waals surface area contributed by atoms with Crippen molar-refractivity contribution in [3.05, 3.63) is 18.6 Å². The number of hydrogen-bond donors (Lipinski definition) is 0. The molecule has 56 valence electrons. The molecule has 0 N–H and O–H groups in total. The first kappa shape index (κ1) is 6.21. The molecule has 0 aliphatic carbocycles. The minimum absolute atomic E-state index is 0.218. The summed E-state index contributed by atoms with van der Waals surface area (Å²) in [5.74, 6) is -0.574. The smallest absolute Gasteiger partial charge is 0.244 e. The van der Waals surface area contributed by atoms with Crippen LogP contribution in [0.5, 0.6) is 0 Å². The zero-order chi connectivity index (χ0) is 7.84. The van der Waals surface area contributed by atoms with Gasteiger partial charge in [0.15, 0.2) is 11.2 Å². The zero-order valence-electron chi connectivity index (χ0n) is 5.82. The number of nitrogens with zero attached hydrogens (tertiary/aromatic N) is 4. The van der Waals surface area contributed by atoms with Crippen molar-refractivity contribution in [3.63, 3.8) is 0 Å². The Morgan fingerprint density at radius 1 is 1.36 bits per heavy atom. The number of aryl methyl sites for hydroxylation is 1. The Bertz CT molecular complexity index is 394. The lowest BCUT2D eigenvalue weighted by molar-refractivity contribution is 0.591. The van der Waals surface area contributed by atoms with Crippen molar-refractivity contribution in [1.82, 2.24) is 19.5 Å². The second-order valence-corrected chi connectivity index (χ2v) is 2.19. The van der Waals surface area contributed by atoms with Crippen molar-refractivity contribution in [2.75, 3.05) is 0 Å². The fourth-order valence-electron chi connectivity index (χ4n) is 0.917. The van der Waals surface area contributed by atoms with Crippen LogP contribution in [0.2, 0.25) is 0 Å². The Kier molecular flexibility index (Phi) is 1.12. The third-order valence-electron chi connectivity index (χ3n) is 1.45. The zero-order valence-corrected chi connectivity index (χ0v) is 5.82. The summed E-state index contributed by atoms with van der Waals surface area (Å²) in [6.45, 7) is 0. The summed E-state index contributed by atoms with van der Waals surface area (Å²) in [7, 11) is 1.75. The third-order valence-corrected chi connectivity index (χ3v) is 1.45. The first-order valence-electron chi connectivity index (χ1n) is 3.06. The molecule has 0 fully saturated rings. The van der Waals surface area contributed by atoms with Crippen LogP contribution in [0.15, 0.2) is 12.7 Å². The molecule has 5 heteroatoms. The van der Waals surface area contributed by atoms with Gasteiger partial charge < -0.3 is 4.57 Å². The largest absolute Gasteiger partial charge is 0.318 e. The maximum absolute atomic E-state index is 12.8. The maximum atomic E-state index is 12.8. The van der Waals surface area contributed by atoms with E-state index in [1.54, 1.807) is 11.6 Å². The first-order valence-corrected chi connectivity index (χ1v) is 3.06. The van der Waals surface area contributed by atoms with Gasteiger partial charge in [-0.15, -0.1) is 0 Å². The van der Waals surface area contributed by atoms with E-state index < -0.39 is 5.95 Å². The van der Waals surface area contributed by atoms with Gasteiger partial charge in [-0.25, -0.2) is 15.0 Å². The monoisotopic (exact) mass is 154 g/mol. The molecule has 2 aromatic heterocycles. The van der Waals surface area contributed by atoms with Gasteiger partial charge in [0.05, 0.1) is 6.33 Å². The molecule has 0 aromatic carbocycles. The van der Waals surface area contributed by atoms with Crippen molar-refractivity contribution in [2.45, 2.75) is 0 Å². The average molecular weight is 154 g/mol. The minimum atomic E-state index is -0.574. The topological polar surface area (TPSA) is 43.6 Å². The van der Waals surface area contributed by atoms with Gasteiger partial charge in [-0.1, -0.05) is 0 Å². The fourth-order valence-corrected chi connectivity index (χ4v) is 0.917. The van der Waals surface area contributed by atoms with Crippen molar-refractivity contribution in [3.8, 4) is 0 Å². The van der Waals surface area contributed by atoms with E-state index in [2.05, 4.69) is 15.0 Å². The molecule has 2 rings (SSSR count). The van der Waals surface area contributed by atoms with E-state index in [1.165, 1.54) is 12.7 Å². The lowest BCUT2D eigenvalue weighted by Gasteiger charge is -1.90. The van der Waals surface area contributed by atoms with Gasteiger partial charge >= 0.3 is 0 Å². The van der Waals surface area contributed by atoms with Crippen molar-refractivity contribution < 1.29 is 4.39 Å². The highest BCUT2D eigenvalue weighted by Crippen LogP contribution is 2.08. The summed E-state index contributed by atoms with van der Waals surface area (Å²) in [6, 6.07) is 0. The summed E-state index contributed by atoms with van der Waals surface area (Å²) in [6.07, 6.45) is 2.68. The summed E-state index contributed by atoms with van der Waals surface area (Å²) in [4.78, 5) is 11.0. The van der Waals surface area contributed by atoms with Crippen LogP contribution in [0.25, 0.3) is 11.2 Å². The molecule has 0 spiro atoms. The van der Waals surface area contributed by atoms with Gasteiger partial charge in [0.25, 0.3) is 0 Å². The Hall–Kier alpha value is -1.52. The second-order valence-electron chi connectivity index (χ2n) is 2.19. The van der Waals surface area contributed by atoms with Gasteiger partial charge in [-0.2, -0.15) is 4.39 Å². The molecule has 0 atom stereocenters. The van der Waals surface area contributed by atoms with Crippen LogP contribution < -0.4 is 0 Å². The molecular formula is C6H5FN4. The number of halogens is 1. The van der Waals surface area contributed by atoms with Crippen LogP contribution >= 0.6 is 0 Å². The Morgan fingerprint density at radius 3 is 2.91 bits per heavy atom. The van der Waals surface area contributed by atoms with Crippen molar-refractivity contribution in [1.29, 1.82) is 0 Å². The van der Waals surface area contributed by atoms with Gasteiger partial charge in [0, 0.05) is 7.05 Å². The van der Waals surface area contributed by atoms with Gasteiger partial charge in [0.1, 0.15) is 6.33 Å². The van der Waals surface area contributed by atoms with Crippen LogP contribution in [0.4, 0.5) is 4.39 Å². The van der Waals surface area contributed by atoms with E-state index in [-0.39, 0.29) is 5.52 Å². The van der Waals surface area contributed by atoms with Gasteiger partial charge in [0.2, 0.25) is 5.95 Å². The highest BCUT2D eigenvalue weighted by molar-refractivity contribution is 5.69. The predicted octanol–water partition coefficient (Wildman–Crippen LogP) is 0.502. The van der Waals surface area contributed by atoms with Crippen LogP contribution in [0, 0.1) is 5.95 Å². The van der Waals surface area contributed by atoms with Gasteiger partial charge in [-0.05, 0) is 0 Å². The standard InChI is InChI=1S/C6H5FN4/c1-11-3-10-4-5(7)8-2-9-6(4)11/h2-3H,1H3/i1+2. The van der Waals surface area contributed by atoms with Gasteiger partial charge in [-0.3, -0.25) is 0 Å². The number of fused-ring (bicyclic) bond motifs is 1. The van der Waals surface area contributed by atoms with E-state index in [9.17, 15) is 4.39 Å². The van der Waals surface area contributed by atoms with Crippen molar-refractivity contribution >= 4 is 11.2 Å². The predicted molar refractivity (Wildman–Crippen MR) is 36.3 cm³/mol. The molecule has 0 unspecified atom stereocenters. The normalized spacial score (nSPS) is 10.7. The molecule has 0 aliphatic rings. The Labute approximate surface area is 61.7 Å². The van der Waals surface area contributed by atoms with E-state index in [4.69, 9.17) is 0 Å². The van der Waals surface area contributed by atoms with Crippen LogP contribution in [-0.2, 0) is 7.05 Å². The lowest BCUT2D eigenvalue weighted by atomic mass is 10.5. The molecule has 0 radical (unpaired) electrons.